The summed E-state index contributed by atoms with van der Waals surface area (Å²) in [5.74, 6) is -0.931. The third-order valence-electron chi connectivity index (χ3n) is 15.2. The van der Waals surface area contributed by atoms with Crippen molar-refractivity contribution < 1.29 is 116 Å². The Morgan fingerprint density at radius 3 is 1.22 bits per heavy atom. The number of imide groups is 1. The van der Waals surface area contributed by atoms with Crippen molar-refractivity contribution in [2.75, 3.05) is 152 Å². The Morgan fingerprint density at radius 1 is 0.410 bits per heavy atom. The molecule has 0 heterocycles. The Kier molecular flexibility index (Phi) is 60.9. The molecule has 0 radical (unpaired) electrons. The summed E-state index contributed by atoms with van der Waals surface area (Å²) in [4.78, 5) is 87.8. The molecule has 24 nitrogen and oxygen atoms in total. The van der Waals surface area contributed by atoms with Crippen LogP contribution < -0.4 is 41.9 Å². The Morgan fingerprint density at radius 2 is 0.770 bits per heavy atom. The number of esters is 4. The van der Waals surface area contributed by atoms with Gasteiger partial charge in [-0.25, -0.2) is 28.9 Å². The van der Waals surface area contributed by atoms with Crippen LogP contribution in [0, 0.1) is 7.14 Å². The number of hydrogen-bond donors (Lipinski definition) is 3. The largest absolute Gasteiger partial charge is 0.490 e. The second-order valence-electron chi connectivity index (χ2n) is 23.6. The van der Waals surface area contributed by atoms with Gasteiger partial charge in [-0.3, -0.25) is 9.59 Å². The van der Waals surface area contributed by atoms with Gasteiger partial charge in [0.15, 0.2) is 7.14 Å². The highest BCUT2D eigenvalue weighted by Gasteiger charge is 2.22. The number of amides is 5. The van der Waals surface area contributed by atoms with E-state index in [1.165, 1.54) is 63.4 Å². The van der Waals surface area contributed by atoms with Gasteiger partial charge in [0.1, 0.15) is 44.9 Å². The number of ether oxygens (including phenoxy) is 13. The van der Waals surface area contributed by atoms with Gasteiger partial charge in [-0.15, -0.1) is 0 Å². The number of halogens is 1. The van der Waals surface area contributed by atoms with Gasteiger partial charge in [0.05, 0.1) is 92.5 Å². The van der Waals surface area contributed by atoms with E-state index < -0.39 is 36.2 Å². The van der Waals surface area contributed by atoms with Crippen molar-refractivity contribution in [1.29, 1.82) is 0 Å². The monoisotopic (exact) mass is 1530 g/mol. The Bertz CT molecular complexity index is 2380. The lowest BCUT2D eigenvalue weighted by Crippen LogP contribution is -3.61. The molecule has 2 aromatic carbocycles. The molecule has 100 heavy (non-hydrogen) atoms. The number of carbonyl (C=O) groups is 7. The summed E-state index contributed by atoms with van der Waals surface area (Å²) < 4.78 is 73.1. The third-order valence-corrected chi connectivity index (χ3v) is 17.9. The van der Waals surface area contributed by atoms with E-state index in [9.17, 15) is 33.6 Å². The Labute approximate surface area is 607 Å². The number of nitrogens with zero attached hydrogens (tertiary/aromatic N) is 1. The van der Waals surface area contributed by atoms with E-state index in [0.29, 0.717) is 150 Å². The van der Waals surface area contributed by atoms with Gasteiger partial charge < -0.3 is 77.5 Å². The van der Waals surface area contributed by atoms with Crippen molar-refractivity contribution >= 4 is 42.0 Å². The third kappa shape index (κ3) is 56.7. The molecule has 0 spiro atoms. The number of rotatable bonds is 69. The summed E-state index contributed by atoms with van der Waals surface area (Å²) in [6.45, 7) is 16.5. The smallest absolute Gasteiger partial charge is 0.407 e. The van der Waals surface area contributed by atoms with Gasteiger partial charge in [0, 0.05) is 51.2 Å². The van der Waals surface area contributed by atoms with Crippen molar-refractivity contribution in [2.45, 2.75) is 186 Å². The zero-order valence-corrected chi connectivity index (χ0v) is 62.3. The molecule has 1 atom stereocenters. The second-order valence-corrected chi connectivity index (χ2v) is 26.6. The average Bonchev–Trinajstić information content (AvgIpc) is 1.10. The lowest BCUT2D eigenvalue weighted by atomic mass is 10.0. The standard InChI is InChI=1S/C75H121IN4O20/c1-4-7-8-9-10-11-12-13-16-26-35-68(64-99-67-40-38-66(39-41-67)76-65-33-24-23-25-34-65)100-75(87)79-44-31-21-22-32-45-80(74(86)78-43-30-20-15-18-28-37-72(84)98-63-62-96-70(82)6-3)73(85)77-42-29-19-14-17-27-36-71(83)97-61-59-94-57-55-92-53-51-90-49-47-88-46-48-89-50-52-91-54-56-93-58-60-95-69(81)5-2/h5-6,23-25,33-34,38-41,68H,2-4,7-22,26-32,35-37,42-64H2,1H3,(H2-,77,78,79,85,86,87)/p+1. The lowest BCUT2D eigenvalue weighted by Gasteiger charge is -2.22. The SMILES string of the molecule is C=CC(=O)OCCOCCOCCOCCOCCOCCOCCOCCOC(=O)CCCCCCCNC(=O)N(CCCCCCNC(=O)OC(CCCCCCCCCCCC)COc1ccc([I+]c2ccccc2)cc1)C(=O)NCCCCCCCC(=O)OCCOC(=O)C=C. The summed E-state index contributed by atoms with van der Waals surface area (Å²) in [7, 11) is 0. The summed E-state index contributed by atoms with van der Waals surface area (Å²) in [5, 5.41) is 8.78. The molecule has 0 aliphatic carbocycles. The number of hydrogen-bond acceptors (Lipinski definition) is 20. The first kappa shape index (κ1) is 90.1. The van der Waals surface area contributed by atoms with Crippen molar-refractivity contribution in [3.05, 3.63) is 87.0 Å². The number of urea groups is 2. The maximum absolute atomic E-state index is 13.5. The van der Waals surface area contributed by atoms with Gasteiger partial charge in [-0.05, 0) is 87.8 Å². The Balaban J connectivity index is 1.65. The predicted molar refractivity (Wildman–Crippen MR) is 378 cm³/mol. The Hall–Kier alpha value is -5.94. The minimum absolute atomic E-state index is 0.00704. The molecular formula is C75H122IN4O20+. The predicted octanol–water partition coefficient (Wildman–Crippen LogP) is 9.22. The van der Waals surface area contributed by atoms with E-state index in [0.717, 1.165) is 88.5 Å². The van der Waals surface area contributed by atoms with Crippen LogP contribution in [-0.4, -0.2) is 205 Å². The fraction of sp³-hybridized carbons (Fsp3) is 0.693. The fourth-order valence-electron chi connectivity index (χ4n) is 9.68. The first-order chi connectivity index (χ1) is 49.0. The van der Waals surface area contributed by atoms with E-state index in [2.05, 4.69) is 72.4 Å². The first-order valence-electron chi connectivity index (χ1n) is 36.7. The summed E-state index contributed by atoms with van der Waals surface area (Å²) >= 11 is -0.287. The summed E-state index contributed by atoms with van der Waals surface area (Å²) in [5.41, 5.74) is 0. The number of carbonyl (C=O) groups excluding carboxylic acids is 7. The van der Waals surface area contributed by atoms with Crippen LogP contribution in [0.1, 0.15) is 180 Å². The molecule has 2 aromatic rings. The first-order valence-corrected chi connectivity index (χ1v) is 38.8. The van der Waals surface area contributed by atoms with E-state index >= 15 is 0 Å². The molecule has 0 aliphatic heterocycles. The normalized spacial score (nSPS) is 11.3. The van der Waals surface area contributed by atoms with Crippen LogP contribution in [0.2, 0.25) is 0 Å². The van der Waals surface area contributed by atoms with E-state index in [4.69, 9.17) is 61.6 Å². The van der Waals surface area contributed by atoms with Crippen LogP contribution in [0.3, 0.4) is 0 Å². The molecule has 25 heteroatoms. The van der Waals surface area contributed by atoms with Crippen molar-refractivity contribution in [3.8, 4) is 5.75 Å². The minimum atomic E-state index is -0.572. The number of unbranched alkanes of at least 4 members (excludes halogenated alkanes) is 20. The maximum atomic E-state index is 13.5. The van der Waals surface area contributed by atoms with Crippen molar-refractivity contribution in [2.24, 2.45) is 0 Å². The minimum Gasteiger partial charge on any atom is -0.490 e. The summed E-state index contributed by atoms with van der Waals surface area (Å²) in [6, 6.07) is 17.8. The summed E-state index contributed by atoms with van der Waals surface area (Å²) in [6.07, 6.45) is 25.3. The number of nitrogens with one attached hydrogen (secondary N) is 3. The van der Waals surface area contributed by atoms with Gasteiger partial charge in [-0.2, -0.15) is 0 Å². The van der Waals surface area contributed by atoms with Crippen LogP contribution in [0.4, 0.5) is 14.4 Å². The van der Waals surface area contributed by atoms with Crippen LogP contribution in [0.25, 0.3) is 0 Å². The van der Waals surface area contributed by atoms with Gasteiger partial charge in [0.25, 0.3) is 0 Å². The molecule has 0 fully saturated rings. The van der Waals surface area contributed by atoms with Crippen LogP contribution >= 0.6 is 0 Å². The highest BCUT2D eigenvalue weighted by molar-refractivity contribution is 5.93. The second kappa shape index (κ2) is 67.5. The molecule has 0 aromatic heterocycles. The number of benzene rings is 2. The van der Waals surface area contributed by atoms with E-state index in [1.807, 2.05) is 18.2 Å². The molecule has 0 aliphatic rings. The topological polar surface area (TPSA) is 279 Å². The lowest BCUT2D eigenvalue weighted by molar-refractivity contribution is -0.597. The quantitative estimate of drug-likeness (QED) is 0.0183. The maximum Gasteiger partial charge on any atom is 0.407 e. The highest BCUT2D eigenvalue weighted by atomic mass is 127. The van der Waals surface area contributed by atoms with Crippen molar-refractivity contribution in [3.63, 3.8) is 0 Å². The molecule has 5 amide bonds. The van der Waals surface area contributed by atoms with Crippen molar-refractivity contribution in [1.82, 2.24) is 20.9 Å². The molecule has 1 unspecified atom stereocenters. The van der Waals surface area contributed by atoms with Gasteiger partial charge in [-0.1, -0.05) is 147 Å². The molecule has 3 N–H and O–H groups in total. The molecule has 0 saturated heterocycles. The zero-order valence-electron chi connectivity index (χ0n) is 60.2. The van der Waals surface area contributed by atoms with Crippen LogP contribution in [0.15, 0.2) is 79.9 Å². The van der Waals surface area contributed by atoms with Gasteiger partial charge in [0.2, 0.25) is 0 Å². The van der Waals surface area contributed by atoms with Gasteiger partial charge >= 0.3 is 63.2 Å². The number of alkyl carbamates (subject to hydrolysis) is 1. The van der Waals surface area contributed by atoms with E-state index in [-0.39, 0.29) is 85.8 Å². The highest BCUT2D eigenvalue weighted by Crippen LogP contribution is 2.17. The molecule has 0 bridgehead atoms. The average molecular weight is 1530 g/mol. The molecular weight excluding hydrogens is 1400 g/mol. The van der Waals surface area contributed by atoms with Crippen LogP contribution in [0.5, 0.6) is 5.75 Å². The van der Waals surface area contributed by atoms with Crippen LogP contribution in [-0.2, 0) is 76.0 Å². The molecule has 0 saturated carbocycles. The van der Waals surface area contributed by atoms with E-state index in [1.54, 1.807) is 0 Å². The molecule has 2 rings (SSSR count). The fourth-order valence-corrected chi connectivity index (χ4v) is 11.9. The zero-order chi connectivity index (χ0) is 72.1. The molecule has 568 valence electrons.